The number of rotatable bonds is 6. The third-order valence-corrected chi connectivity index (χ3v) is 2.81. The van der Waals surface area contributed by atoms with E-state index in [0.717, 1.165) is 0 Å². The molecular weight excluding hydrogens is 294 g/mol. The van der Waals surface area contributed by atoms with E-state index in [9.17, 15) is 9.90 Å². The molecule has 2 atom stereocenters. The number of ether oxygens (including phenoxy) is 2. The first kappa shape index (κ1) is 17.6. The highest BCUT2D eigenvalue weighted by Crippen LogP contribution is 2.11. The first-order chi connectivity index (χ1) is 9.81. The Morgan fingerprint density at radius 3 is 2.48 bits per heavy atom. The molecule has 1 rings (SSSR count). The average Bonchev–Trinajstić information content (AvgIpc) is 2.41. The predicted molar refractivity (Wildman–Crippen MR) is 81.8 cm³/mol. The standard InChI is InChI=1S/C15H22ClNO4/c1-15(2,3)21-14(19)17-12(13(18)9-16)10-20-11-7-5-4-6-8-11/h4-8,12-13,18H,9-10H2,1-3H3,(H,17,19). The van der Waals surface area contributed by atoms with Crippen LogP contribution in [0.4, 0.5) is 4.79 Å². The molecule has 0 heterocycles. The summed E-state index contributed by atoms with van der Waals surface area (Å²) >= 11 is 5.65. The van der Waals surface area contributed by atoms with Crippen molar-refractivity contribution >= 4 is 17.7 Å². The van der Waals surface area contributed by atoms with Gasteiger partial charge in [-0.25, -0.2) is 4.79 Å². The molecule has 0 aliphatic heterocycles. The summed E-state index contributed by atoms with van der Waals surface area (Å²) in [5.41, 5.74) is -0.610. The maximum absolute atomic E-state index is 11.8. The third kappa shape index (κ3) is 7.20. The molecule has 2 N–H and O–H groups in total. The first-order valence-corrected chi connectivity index (χ1v) is 7.26. The van der Waals surface area contributed by atoms with E-state index in [0.29, 0.717) is 5.75 Å². The molecule has 1 aromatic carbocycles. The zero-order chi connectivity index (χ0) is 15.9. The Kier molecular flexibility index (Phi) is 6.78. The summed E-state index contributed by atoms with van der Waals surface area (Å²) in [6, 6.07) is 8.47. The van der Waals surface area contributed by atoms with Gasteiger partial charge in [0.1, 0.15) is 18.0 Å². The summed E-state index contributed by atoms with van der Waals surface area (Å²) in [7, 11) is 0. The van der Waals surface area contributed by atoms with Gasteiger partial charge in [0.25, 0.3) is 0 Å². The van der Waals surface area contributed by atoms with E-state index in [1.54, 1.807) is 32.9 Å². The van der Waals surface area contributed by atoms with Crippen LogP contribution in [0, 0.1) is 0 Å². The van der Waals surface area contributed by atoms with Crippen molar-refractivity contribution < 1.29 is 19.4 Å². The SMILES string of the molecule is CC(C)(C)OC(=O)NC(COc1ccccc1)C(O)CCl. The van der Waals surface area contributed by atoms with Crippen LogP contribution < -0.4 is 10.1 Å². The fourth-order valence-corrected chi connectivity index (χ4v) is 1.73. The molecule has 0 aliphatic rings. The average molecular weight is 316 g/mol. The van der Waals surface area contributed by atoms with Crippen molar-refractivity contribution in [3.63, 3.8) is 0 Å². The van der Waals surface area contributed by atoms with Gasteiger partial charge >= 0.3 is 6.09 Å². The van der Waals surface area contributed by atoms with Gasteiger partial charge in [0, 0.05) is 0 Å². The van der Waals surface area contributed by atoms with Gasteiger partial charge in [-0.15, -0.1) is 11.6 Å². The zero-order valence-corrected chi connectivity index (χ0v) is 13.3. The molecule has 1 aromatic rings. The maximum atomic E-state index is 11.8. The lowest BCUT2D eigenvalue weighted by Crippen LogP contribution is -2.49. The Balaban J connectivity index is 2.58. The second-order valence-corrected chi connectivity index (χ2v) is 5.91. The largest absolute Gasteiger partial charge is 0.491 e. The molecule has 6 heteroatoms. The number of carbonyl (C=O) groups excluding carboxylic acids is 1. The van der Waals surface area contributed by atoms with E-state index in [2.05, 4.69) is 5.32 Å². The van der Waals surface area contributed by atoms with E-state index in [4.69, 9.17) is 21.1 Å². The molecular formula is C15H22ClNO4. The highest BCUT2D eigenvalue weighted by Gasteiger charge is 2.24. The smallest absolute Gasteiger partial charge is 0.408 e. The van der Waals surface area contributed by atoms with Crippen LogP contribution in [0.2, 0.25) is 0 Å². The minimum absolute atomic E-state index is 0.0153. The Morgan fingerprint density at radius 2 is 1.95 bits per heavy atom. The second kappa shape index (κ2) is 8.10. The lowest BCUT2D eigenvalue weighted by Gasteiger charge is -2.25. The number of para-hydroxylation sites is 1. The van der Waals surface area contributed by atoms with Crippen molar-refractivity contribution in [2.24, 2.45) is 0 Å². The molecule has 0 aromatic heterocycles. The molecule has 21 heavy (non-hydrogen) atoms. The number of hydrogen-bond donors (Lipinski definition) is 2. The van der Waals surface area contributed by atoms with Crippen LogP contribution >= 0.6 is 11.6 Å². The number of aliphatic hydroxyl groups is 1. The highest BCUT2D eigenvalue weighted by molar-refractivity contribution is 6.18. The van der Waals surface area contributed by atoms with Gasteiger partial charge in [-0.05, 0) is 32.9 Å². The van der Waals surface area contributed by atoms with Crippen molar-refractivity contribution in [3.8, 4) is 5.75 Å². The van der Waals surface area contributed by atoms with Crippen LogP contribution in [0.15, 0.2) is 30.3 Å². The second-order valence-electron chi connectivity index (χ2n) is 5.60. The molecule has 0 fully saturated rings. The minimum Gasteiger partial charge on any atom is -0.491 e. The maximum Gasteiger partial charge on any atom is 0.408 e. The van der Waals surface area contributed by atoms with Crippen LogP contribution in [0.3, 0.4) is 0 Å². The van der Waals surface area contributed by atoms with Crippen molar-refractivity contribution in [2.45, 2.75) is 38.5 Å². The number of carbonyl (C=O) groups is 1. The Hall–Kier alpha value is -1.46. The zero-order valence-electron chi connectivity index (χ0n) is 12.5. The number of alkyl halides is 1. The summed E-state index contributed by atoms with van der Waals surface area (Å²) in [5, 5.41) is 12.4. The molecule has 1 amide bonds. The van der Waals surface area contributed by atoms with Gasteiger partial charge in [0.2, 0.25) is 0 Å². The van der Waals surface area contributed by atoms with E-state index < -0.39 is 23.8 Å². The van der Waals surface area contributed by atoms with Crippen LogP contribution in [-0.4, -0.2) is 41.4 Å². The Morgan fingerprint density at radius 1 is 1.33 bits per heavy atom. The Bertz CT molecular complexity index is 433. The molecule has 0 radical (unpaired) electrons. The van der Waals surface area contributed by atoms with E-state index >= 15 is 0 Å². The lowest BCUT2D eigenvalue weighted by atomic mass is 10.2. The van der Waals surface area contributed by atoms with Crippen LogP contribution in [0.25, 0.3) is 0 Å². The number of benzene rings is 1. The molecule has 0 bridgehead atoms. The van der Waals surface area contributed by atoms with Gasteiger partial charge in [-0.3, -0.25) is 0 Å². The van der Waals surface area contributed by atoms with E-state index in [1.807, 2.05) is 18.2 Å². The summed E-state index contributed by atoms with van der Waals surface area (Å²) in [5.74, 6) is 0.633. The molecule has 0 spiro atoms. The first-order valence-electron chi connectivity index (χ1n) is 6.73. The molecule has 0 saturated heterocycles. The van der Waals surface area contributed by atoms with Gasteiger partial charge in [0.15, 0.2) is 0 Å². The summed E-state index contributed by atoms with van der Waals surface area (Å²) < 4.78 is 10.7. The quantitative estimate of drug-likeness (QED) is 0.792. The number of halogens is 1. The highest BCUT2D eigenvalue weighted by atomic mass is 35.5. The monoisotopic (exact) mass is 315 g/mol. The topological polar surface area (TPSA) is 67.8 Å². The van der Waals surface area contributed by atoms with E-state index in [-0.39, 0.29) is 12.5 Å². The third-order valence-electron chi connectivity index (χ3n) is 2.50. The van der Waals surface area contributed by atoms with Gasteiger partial charge in [-0.2, -0.15) is 0 Å². The lowest BCUT2D eigenvalue weighted by molar-refractivity contribution is 0.0395. The molecule has 5 nitrogen and oxygen atoms in total. The number of hydrogen-bond acceptors (Lipinski definition) is 4. The van der Waals surface area contributed by atoms with Crippen molar-refractivity contribution in [2.75, 3.05) is 12.5 Å². The minimum atomic E-state index is -0.928. The van der Waals surface area contributed by atoms with Crippen molar-refractivity contribution in [1.29, 1.82) is 0 Å². The summed E-state index contributed by atoms with van der Waals surface area (Å²) in [6.07, 6.45) is -1.55. The molecule has 0 saturated carbocycles. The van der Waals surface area contributed by atoms with Crippen LogP contribution in [-0.2, 0) is 4.74 Å². The summed E-state index contributed by atoms with van der Waals surface area (Å²) in [6.45, 7) is 5.39. The van der Waals surface area contributed by atoms with Gasteiger partial charge in [-0.1, -0.05) is 18.2 Å². The van der Waals surface area contributed by atoms with Gasteiger partial charge in [0.05, 0.1) is 18.0 Å². The molecule has 0 aliphatic carbocycles. The fourth-order valence-electron chi connectivity index (χ4n) is 1.52. The van der Waals surface area contributed by atoms with Crippen LogP contribution in [0.1, 0.15) is 20.8 Å². The number of amides is 1. The summed E-state index contributed by atoms with van der Waals surface area (Å²) in [4.78, 5) is 11.8. The van der Waals surface area contributed by atoms with Gasteiger partial charge < -0.3 is 19.9 Å². The van der Waals surface area contributed by atoms with Crippen molar-refractivity contribution in [1.82, 2.24) is 5.32 Å². The number of aliphatic hydroxyl groups excluding tert-OH is 1. The van der Waals surface area contributed by atoms with E-state index in [1.165, 1.54) is 0 Å². The van der Waals surface area contributed by atoms with Crippen LogP contribution in [0.5, 0.6) is 5.75 Å². The molecule has 118 valence electrons. The number of alkyl carbamates (subject to hydrolysis) is 1. The molecule has 2 unspecified atom stereocenters. The number of nitrogens with one attached hydrogen (secondary N) is 1. The van der Waals surface area contributed by atoms with Crippen molar-refractivity contribution in [3.05, 3.63) is 30.3 Å². The fraction of sp³-hybridized carbons (Fsp3) is 0.533. The normalized spacial score (nSPS) is 14.1. The predicted octanol–water partition coefficient (Wildman–Crippen LogP) is 2.56. The Labute approximate surface area is 130 Å².